The standard InChI is InChI=1S/C17H25N/c1-12-7-9-14(10-8-12)17(18)16-11-15(16)13-5-3-2-4-6-13/h2-6,12,14-17H,7-11,18H2,1H3. The lowest BCUT2D eigenvalue weighted by Gasteiger charge is -2.31. The molecule has 0 saturated heterocycles. The van der Waals surface area contributed by atoms with Crippen LogP contribution < -0.4 is 5.73 Å². The van der Waals surface area contributed by atoms with Crippen molar-refractivity contribution >= 4 is 0 Å². The number of hydrogen-bond donors (Lipinski definition) is 1. The van der Waals surface area contributed by atoms with Crippen molar-refractivity contribution in [1.82, 2.24) is 0 Å². The van der Waals surface area contributed by atoms with Crippen molar-refractivity contribution < 1.29 is 0 Å². The molecular formula is C17H25N. The Labute approximate surface area is 111 Å². The van der Waals surface area contributed by atoms with Gasteiger partial charge in [0.25, 0.3) is 0 Å². The fraction of sp³-hybridized carbons (Fsp3) is 0.647. The molecule has 3 atom stereocenters. The highest BCUT2D eigenvalue weighted by molar-refractivity contribution is 5.26. The first-order chi connectivity index (χ1) is 8.75. The monoisotopic (exact) mass is 243 g/mol. The van der Waals surface area contributed by atoms with E-state index >= 15 is 0 Å². The van der Waals surface area contributed by atoms with Gasteiger partial charge >= 0.3 is 0 Å². The van der Waals surface area contributed by atoms with Crippen LogP contribution in [0.25, 0.3) is 0 Å². The maximum Gasteiger partial charge on any atom is 0.0102 e. The highest BCUT2D eigenvalue weighted by atomic mass is 14.7. The van der Waals surface area contributed by atoms with Crippen molar-refractivity contribution in [3.8, 4) is 0 Å². The molecule has 0 spiro atoms. The predicted octanol–water partition coefficient (Wildman–Crippen LogP) is 3.94. The lowest BCUT2D eigenvalue weighted by molar-refractivity contribution is 0.240. The van der Waals surface area contributed by atoms with E-state index in [0.717, 1.165) is 23.7 Å². The Morgan fingerprint density at radius 1 is 1.06 bits per heavy atom. The SMILES string of the molecule is CC1CCC(C(N)C2CC2c2ccccc2)CC1. The van der Waals surface area contributed by atoms with E-state index in [1.807, 2.05) is 0 Å². The molecule has 0 aliphatic heterocycles. The summed E-state index contributed by atoms with van der Waals surface area (Å²) in [4.78, 5) is 0. The minimum Gasteiger partial charge on any atom is -0.327 e. The fourth-order valence-corrected chi connectivity index (χ4v) is 3.74. The van der Waals surface area contributed by atoms with Gasteiger partial charge < -0.3 is 5.73 Å². The second kappa shape index (κ2) is 5.05. The molecule has 0 amide bonds. The Bertz CT molecular complexity index is 378. The van der Waals surface area contributed by atoms with Crippen LogP contribution >= 0.6 is 0 Å². The van der Waals surface area contributed by atoms with Crippen LogP contribution in [0, 0.1) is 17.8 Å². The van der Waals surface area contributed by atoms with Gasteiger partial charge in [0.2, 0.25) is 0 Å². The molecule has 3 unspecified atom stereocenters. The fourth-order valence-electron chi connectivity index (χ4n) is 3.74. The molecular weight excluding hydrogens is 218 g/mol. The first-order valence-corrected chi connectivity index (χ1v) is 7.56. The molecule has 1 heteroatoms. The van der Waals surface area contributed by atoms with E-state index in [9.17, 15) is 0 Å². The van der Waals surface area contributed by atoms with E-state index in [1.54, 1.807) is 0 Å². The molecule has 2 aliphatic rings. The van der Waals surface area contributed by atoms with Gasteiger partial charge in [0.15, 0.2) is 0 Å². The summed E-state index contributed by atoms with van der Waals surface area (Å²) < 4.78 is 0. The maximum absolute atomic E-state index is 6.53. The van der Waals surface area contributed by atoms with E-state index in [0.29, 0.717) is 6.04 Å². The molecule has 0 bridgehead atoms. The van der Waals surface area contributed by atoms with Crippen molar-refractivity contribution in [2.75, 3.05) is 0 Å². The van der Waals surface area contributed by atoms with E-state index in [1.165, 1.54) is 37.7 Å². The van der Waals surface area contributed by atoms with Gasteiger partial charge in [0.05, 0.1) is 0 Å². The third-order valence-electron chi connectivity index (χ3n) is 5.17. The highest BCUT2D eigenvalue weighted by Crippen LogP contribution is 2.51. The van der Waals surface area contributed by atoms with Crippen molar-refractivity contribution in [3.63, 3.8) is 0 Å². The van der Waals surface area contributed by atoms with Crippen molar-refractivity contribution in [2.45, 2.75) is 51.0 Å². The summed E-state index contributed by atoms with van der Waals surface area (Å²) in [7, 11) is 0. The summed E-state index contributed by atoms with van der Waals surface area (Å²) in [6, 6.07) is 11.4. The summed E-state index contributed by atoms with van der Waals surface area (Å²) in [5, 5.41) is 0. The number of rotatable bonds is 3. The molecule has 0 aromatic heterocycles. The first kappa shape index (κ1) is 12.2. The minimum atomic E-state index is 0.447. The second-order valence-electron chi connectivity index (χ2n) is 6.51. The third kappa shape index (κ3) is 2.47. The zero-order valence-electron chi connectivity index (χ0n) is 11.4. The number of benzene rings is 1. The highest BCUT2D eigenvalue weighted by Gasteiger charge is 2.45. The summed E-state index contributed by atoms with van der Waals surface area (Å²) in [6.07, 6.45) is 6.82. The third-order valence-corrected chi connectivity index (χ3v) is 5.17. The van der Waals surface area contributed by atoms with Crippen LogP contribution in [0.1, 0.15) is 50.5 Å². The largest absolute Gasteiger partial charge is 0.327 e. The molecule has 3 rings (SSSR count). The molecule has 0 heterocycles. The van der Waals surface area contributed by atoms with Gasteiger partial charge in [-0.1, -0.05) is 50.1 Å². The van der Waals surface area contributed by atoms with Gasteiger partial charge in [0.1, 0.15) is 0 Å². The molecule has 18 heavy (non-hydrogen) atoms. The minimum absolute atomic E-state index is 0.447. The van der Waals surface area contributed by atoms with Gasteiger partial charge in [-0.2, -0.15) is 0 Å². The van der Waals surface area contributed by atoms with Crippen molar-refractivity contribution in [1.29, 1.82) is 0 Å². The molecule has 1 nitrogen and oxygen atoms in total. The van der Waals surface area contributed by atoms with Gasteiger partial charge in [-0.05, 0) is 48.5 Å². The zero-order chi connectivity index (χ0) is 12.5. The molecule has 2 aliphatic carbocycles. The summed E-state index contributed by atoms with van der Waals surface area (Å²) >= 11 is 0. The molecule has 2 fully saturated rings. The van der Waals surface area contributed by atoms with Gasteiger partial charge in [0, 0.05) is 6.04 Å². The molecule has 0 radical (unpaired) electrons. The average Bonchev–Trinajstić information content (AvgIpc) is 3.20. The van der Waals surface area contributed by atoms with Gasteiger partial charge in [-0.15, -0.1) is 0 Å². The van der Waals surface area contributed by atoms with E-state index in [4.69, 9.17) is 5.73 Å². The first-order valence-electron chi connectivity index (χ1n) is 7.56. The summed E-state index contributed by atoms with van der Waals surface area (Å²) in [5.74, 6) is 3.23. The van der Waals surface area contributed by atoms with Crippen LogP contribution in [0.2, 0.25) is 0 Å². The van der Waals surface area contributed by atoms with Crippen LogP contribution in [0.3, 0.4) is 0 Å². The van der Waals surface area contributed by atoms with Crippen LogP contribution in [0.4, 0.5) is 0 Å². The second-order valence-corrected chi connectivity index (χ2v) is 6.51. The van der Waals surface area contributed by atoms with E-state index < -0.39 is 0 Å². The quantitative estimate of drug-likeness (QED) is 0.855. The number of nitrogens with two attached hydrogens (primary N) is 1. The summed E-state index contributed by atoms with van der Waals surface area (Å²) in [5.41, 5.74) is 8.03. The van der Waals surface area contributed by atoms with E-state index in [2.05, 4.69) is 37.3 Å². The Morgan fingerprint density at radius 3 is 2.39 bits per heavy atom. The topological polar surface area (TPSA) is 26.0 Å². The summed E-state index contributed by atoms with van der Waals surface area (Å²) in [6.45, 7) is 2.38. The van der Waals surface area contributed by atoms with Crippen LogP contribution in [-0.2, 0) is 0 Å². The average molecular weight is 243 g/mol. The Hall–Kier alpha value is -0.820. The molecule has 2 saturated carbocycles. The molecule has 1 aromatic rings. The van der Waals surface area contributed by atoms with Crippen LogP contribution in [0.5, 0.6) is 0 Å². The lowest BCUT2D eigenvalue weighted by Crippen LogP contribution is -2.35. The normalized spacial score (nSPS) is 37.2. The van der Waals surface area contributed by atoms with E-state index in [-0.39, 0.29) is 0 Å². The Kier molecular flexibility index (Phi) is 3.43. The van der Waals surface area contributed by atoms with Crippen LogP contribution in [0.15, 0.2) is 30.3 Å². The lowest BCUT2D eigenvalue weighted by atomic mass is 9.78. The van der Waals surface area contributed by atoms with Gasteiger partial charge in [-0.3, -0.25) is 0 Å². The van der Waals surface area contributed by atoms with Crippen molar-refractivity contribution in [3.05, 3.63) is 35.9 Å². The molecule has 2 N–H and O–H groups in total. The smallest absolute Gasteiger partial charge is 0.0102 e. The van der Waals surface area contributed by atoms with Crippen molar-refractivity contribution in [2.24, 2.45) is 23.5 Å². The zero-order valence-corrected chi connectivity index (χ0v) is 11.4. The Balaban J connectivity index is 1.57. The van der Waals surface area contributed by atoms with Crippen LogP contribution in [-0.4, -0.2) is 6.04 Å². The predicted molar refractivity (Wildman–Crippen MR) is 76.4 cm³/mol. The molecule has 98 valence electrons. The Morgan fingerprint density at radius 2 is 1.72 bits per heavy atom. The maximum atomic E-state index is 6.53. The molecule has 1 aromatic carbocycles. The number of hydrogen-bond acceptors (Lipinski definition) is 1. The van der Waals surface area contributed by atoms with Gasteiger partial charge in [-0.25, -0.2) is 0 Å².